The maximum Gasteiger partial charge on any atom is 0.256 e. The maximum absolute atomic E-state index is 12.9. The first-order chi connectivity index (χ1) is 13.7. The molecule has 1 amide bonds. The topological polar surface area (TPSA) is 68.5 Å². The third-order valence-corrected chi connectivity index (χ3v) is 4.84. The zero-order valence-electron chi connectivity index (χ0n) is 15.9. The van der Waals surface area contributed by atoms with E-state index in [2.05, 4.69) is 15.3 Å². The van der Waals surface area contributed by atoms with Crippen LogP contribution in [0.4, 0.5) is 5.82 Å². The molecule has 6 nitrogen and oxygen atoms in total. The summed E-state index contributed by atoms with van der Waals surface area (Å²) in [6.07, 6.45) is 3.91. The quantitative estimate of drug-likeness (QED) is 0.517. The van der Waals surface area contributed by atoms with Gasteiger partial charge in [-0.2, -0.15) is 5.10 Å². The van der Waals surface area contributed by atoms with Crippen LogP contribution in [0.3, 0.4) is 0 Å². The van der Waals surface area contributed by atoms with Gasteiger partial charge in [-0.05, 0) is 49.6 Å². The third-order valence-electron chi connectivity index (χ3n) is 4.84. The number of nitrogens with one attached hydrogen (secondary N) is 1. The number of aromatic nitrogens is 2. The van der Waals surface area contributed by atoms with Gasteiger partial charge in [-0.3, -0.25) is 4.79 Å². The van der Waals surface area contributed by atoms with E-state index in [1.165, 1.54) is 7.11 Å². The molecule has 1 saturated carbocycles. The number of amides is 1. The Balaban J connectivity index is 1.63. The molecule has 1 aliphatic rings. The molecule has 0 atom stereocenters. The summed E-state index contributed by atoms with van der Waals surface area (Å²) in [7, 11) is 1.49. The highest BCUT2D eigenvalue weighted by Gasteiger charge is 2.31. The molecule has 1 heterocycles. The van der Waals surface area contributed by atoms with E-state index in [1.54, 1.807) is 18.3 Å². The first-order valence-corrected chi connectivity index (χ1v) is 9.30. The summed E-state index contributed by atoms with van der Waals surface area (Å²) in [5.74, 6) is 1.06. The molecule has 4 rings (SSSR count). The average Bonchev–Trinajstić information content (AvgIpc) is 3.52. The minimum atomic E-state index is -0.169. The Morgan fingerprint density at radius 2 is 1.89 bits per heavy atom. The monoisotopic (exact) mass is 374 g/mol. The van der Waals surface area contributed by atoms with E-state index >= 15 is 0 Å². The molecule has 1 N–H and O–H groups in total. The zero-order valence-corrected chi connectivity index (χ0v) is 15.9. The molecule has 6 heteroatoms. The van der Waals surface area contributed by atoms with E-state index < -0.39 is 0 Å². The molecule has 142 valence electrons. The van der Waals surface area contributed by atoms with Crippen molar-refractivity contribution in [2.75, 3.05) is 12.4 Å². The number of hydrogen-bond acceptors (Lipinski definition) is 4. The Hall–Kier alpha value is -3.41. The SMILES string of the molecule is CO/N=C/c1ccc(C(=O)Nc2c(C)c(C3CC3)nn2-c2ccccc2)cc1. The normalized spacial score (nSPS) is 13.6. The van der Waals surface area contributed by atoms with Gasteiger partial charge in [0.15, 0.2) is 0 Å². The van der Waals surface area contributed by atoms with Crippen molar-refractivity contribution < 1.29 is 9.63 Å². The largest absolute Gasteiger partial charge is 0.399 e. The van der Waals surface area contributed by atoms with Gasteiger partial charge in [0.05, 0.1) is 17.6 Å². The van der Waals surface area contributed by atoms with Crippen molar-refractivity contribution in [1.82, 2.24) is 9.78 Å². The molecule has 0 spiro atoms. The van der Waals surface area contributed by atoms with Crippen LogP contribution >= 0.6 is 0 Å². The number of nitrogens with zero attached hydrogens (tertiary/aromatic N) is 3. The fraction of sp³-hybridized carbons (Fsp3) is 0.227. The van der Waals surface area contributed by atoms with Crippen LogP contribution in [0, 0.1) is 6.92 Å². The fourth-order valence-electron chi connectivity index (χ4n) is 3.17. The number of rotatable bonds is 6. The van der Waals surface area contributed by atoms with Crippen molar-refractivity contribution in [3.8, 4) is 5.69 Å². The molecule has 0 bridgehead atoms. The fourth-order valence-corrected chi connectivity index (χ4v) is 3.17. The van der Waals surface area contributed by atoms with Gasteiger partial charge in [0, 0.05) is 17.0 Å². The molecular weight excluding hydrogens is 352 g/mol. The van der Waals surface area contributed by atoms with E-state index in [0.29, 0.717) is 11.5 Å². The van der Waals surface area contributed by atoms with Crippen molar-refractivity contribution in [3.05, 3.63) is 77.0 Å². The van der Waals surface area contributed by atoms with Gasteiger partial charge >= 0.3 is 0 Å². The summed E-state index contributed by atoms with van der Waals surface area (Å²) < 4.78 is 1.83. The Morgan fingerprint density at radius 1 is 1.18 bits per heavy atom. The van der Waals surface area contributed by atoms with E-state index in [4.69, 9.17) is 5.10 Å². The van der Waals surface area contributed by atoms with Crippen LogP contribution in [-0.4, -0.2) is 29.0 Å². The molecular formula is C22H22N4O2. The lowest BCUT2D eigenvalue weighted by Crippen LogP contribution is -2.16. The first-order valence-electron chi connectivity index (χ1n) is 9.30. The minimum Gasteiger partial charge on any atom is -0.399 e. The lowest BCUT2D eigenvalue weighted by Gasteiger charge is -2.10. The molecule has 2 aromatic carbocycles. The van der Waals surface area contributed by atoms with Crippen molar-refractivity contribution in [2.24, 2.45) is 5.16 Å². The molecule has 1 aromatic heterocycles. The van der Waals surface area contributed by atoms with Crippen molar-refractivity contribution in [3.63, 3.8) is 0 Å². The second-order valence-corrected chi connectivity index (χ2v) is 6.87. The summed E-state index contributed by atoms with van der Waals surface area (Å²) in [5.41, 5.74) is 4.47. The molecule has 0 saturated heterocycles. The van der Waals surface area contributed by atoms with Crippen LogP contribution in [0.15, 0.2) is 59.8 Å². The van der Waals surface area contributed by atoms with E-state index in [0.717, 1.165) is 41.2 Å². The molecule has 28 heavy (non-hydrogen) atoms. The molecule has 3 aromatic rings. The molecule has 1 aliphatic carbocycles. The molecule has 0 aliphatic heterocycles. The standard InChI is InChI=1S/C22H22N4O2/c1-15-20(17-12-13-17)25-26(19-6-4-3-5-7-19)21(15)24-22(27)18-10-8-16(9-11-18)14-23-28-2/h3-11,14,17H,12-13H2,1-2H3,(H,24,27)/b23-14+. The summed E-state index contributed by atoms with van der Waals surface area (Å²) in [5, 5.41) is 11.6. The van der Waals surface area contributed by atoms with E-state index in [1.807, 2.05) is 54.1 Å². The summed E-state index contributed by atoms with van der Waals surface area (Å²) in [6, 6.07) is 17.1. The highest BCUT2D eigenvalue weighted by atomic mass is 16.6. The second kappa shape index (κ2) is 7.68. The first kappa shape index (κ1) is 18.0. The van der Waals surface area contributed by atoms with Gasteiger partial charge < -0.3 is 10.2 Å². The predicted octanol–water partition coefficient (Wildman–Crippen LogP) is 4.29. The van der Waals surface area contributed by atoms with E-state index in [-0.39, 0.29) is 5.91 Å². The third kappa shape index (κ3) is 3.67. The number of carbonyl (C=O) groups is 1. The van der Waals surface area contributed by atoms with Gasteiger partial charge in [-0.25, -0.2) is 4.68 Å². The minimum absolute atomic E-state index is 0.169. The Bertz CT molecular complexity index is 1000. The van der Waals surface area contributed by atoms with Crippen LogP contribution in [0.1, 0.15) is 45.9 Å². The van der Waals surface area contributed by atoms with Gasteiger partial charge in [0.25, 0.3) is 5.91 Å². The molecule has 1 fully saturated rings. The molecule has 0 radical (unpaired) electrons. The average molecular weight is 374 g/mol. The zero-order chi connectivity index (χ0) is 19.5. The number of benzene rings is 2. The lowest BCUT2D eigenvalue weighted by molar-refractivity contribution is 0.102. The van der Waals surface area contributed by atoms with E-state index in [9.17, 15) is 4.79 Å². The van der Waals surface area contributed by atoms with Crippen molar-refractivity contribution in [2.45, 2.75) is 25.7 Å². The Labute approximate surface area is 163 Å². The van der Waals surface area contributed by atoms with Gasteiger partial charge in [0.1, 0.15) is 12.9 Å². The van der Waals surface area contributed by atoms with Crippen LogP contribution in [-0.2, 0) is 4.84 Å². The van der Waals surface area contributed by atoms with Crippen molar-refractivity contribution in [1.29, 1.82) is 0 Å². The van der Waals surface area contributed by atoms with Gasteiger partial charge in [0.2, 0.25) is 0 Å². The summed E-state index contributed by atoms with van der Waals surface area (Å²) in [4.78, 5) is 17.5. The predicted molar refractivity (Wildman–Crippen MR) is 109 cm³/mol. The maximum atomic E-state index is 12.9. The number of carbonyl (C=O) groups excluding carboxylic acids is 1. The van der Waals surface area contributed by atoms with Crippen LogP contribution < -0.4 is 5.32 Å². The van der Waals surface area contributed by atoms with Crippen LogP contribution in [0.5, 0.6) is 0 Å². The second-order valence-electron chi connectivity index (χ2n) is 6.87. The molecule has 0 unspecified atom stereocenters. The van der Waals surface area contributed by atoms with Crippen molar-refractivity contribution >= 4 is 17.9 Å². The van der Waals surface area contributed by atoms with Gasteiger partial charge in [-0.15, -0.1) is 0 Å². The highest BCUT2D eigenvalue weighted by molar-refractivity contribution is 6.04. The highest BCUT2D eigenvalue weighted by Crippen LogP contribution is 2.43. The number of hydrogen-bond donors (Lipinski definition) is 1. The Morgan fingerprint density at radius 3 is 2.54 bits per heavy atom. The summed E-state index contributed by atoms with van der Waals surface area (Å²) in [6.45, 7) is 2.03. The smallest absolute Gasteiger partial charge is 0.256 e. The number of para-hydroxylation sites is 1. The summed E-state index contributed by atoms with van der Waals surface area (Å²) >= 11 is 0. The van der Waals surface area contributed by atoms with Crippen LogP contribution in [0.2, 0.25) is 0 Å². The Kier molecular flexibility index (Phi) is 4.93. The van der Waals surface area contributed by atoms with Gasteiger partial charge in [-0.1, -0.05) is 35.5 Å². The number of oxime groups is 1. The van der Waals surface area contributed by atoms with Crippen LogP contribution in [0.25, 0.3) is 5.69 Å². The lowest BCUT2D eigenvalue weighted by atomic mass is 10.1. The number of anilines is 1.